The molecule has 5 heteroatoms. The van der Waals surface area contributed by atoms with Crippen LogP contribution in [-0.2, 0) is 9.53 Å². The Morgan fingerprint density at radius 3 is 2.31 bits per heavy atom. The Labute approximate surface area is 76.5 Å². The molecular weight excluding hydrogens is 174 g/mol. The molecule has 0 spiro atoms. The molecule has 0 fully saturated rings. The third kappa shape index (κ3) is 3.23. The zero-order chi connectivity index (χ0) is 10.4. The smallest absolute Gasteiger partial charge is 0.409 e. The quantitative estimate of drug-likeness (QED) is 0.289. The number of hydrogen-bond donors (Lipinski definition) is 0. The molecule has 0 unspecified atom stereocenters. The molecule has 5 nitrogen and oxygen atoms in total. The molecule has 0 atom stereocenters. The van der Waals surface area contributed by atoms with Gasteiger partial charge in [0.15, 0.2) is 0 Å². The number of rotatable bonds is 4. The van der Waals surface area contributed by atoms with Crippen molar-refractivity contribution in [2.75, 3.05) is 6.61 Å². The average Bonchev–Trinajstić information content (AvgIpc) is 2.04. The molecule has 0 rings (SSSR count). The minimum atomic E-state index is -0.855. The van der Waals surface area contributed by atoms with Crippen molar-refractivity contribution in [3.8, 4) is 0 Å². The lowest BCUT2D eigenvalue weighted by Gasteiger charge is -2.01. The van der Waals surface area contributed by atoms with Gasteiger partial charge < -0.3 is 4.74 Å². The Bertz CT molecular complexity index is 245. The fourth-order valence-electron chi connectivity index (χ4n) is 0.772. The second-order valence-electron chi connectivity index (χ2n) is 2.46. The Morgan fingerprint density at radius 1 is 1.46 bits per heavy atom. The molecule has 0 heterocycles. The molecule has 0 aromatic heterocycles. The number of esters is 1. The summed E-state index contributed by atoms with van der Waals surface area (Å²) in [5.41, 5.74) is -0.00667. The van der Waals surface area contributed by atoms with Crippen LogP contribution in [0.1, 0.15) is 27.2 Å². The Balaban J connectivity index is 4.82. The molecule has 0 N–H and O–H groups in total. The summed E-state index contributed by atoms with van der Waals surface area (Å²) >= 11 is 0. The van der Waals surface area contributed by atoms with Gasteiger partial charge in [-0.05, 0) is 20.3 Å². The number of ether oxygens (including phenoxy) is 1. The standard InChI is InChI=1S/C8H13NO4/c1-4-6(3)7(9(11)12)8(10)13-5-2/h4-5H2,1-3H3. The van der Waals surface area contributed by atoms with Crippen molar-refractivity contribution >= 4 is 5.97 Å². The number of carbonyl (C=O) groups excluding carboxylic acids is 1. The summed E-state index contributed by atoms with van der Waals surface area (Å²) in [4.78, 5) is 20.8. The zero-order valence-electron chi connectivity index (χ0n) is 7.99. The van der Waals surface area contributed by atoms with Gasteiger partial charge >= 0.3 is 11.7 Å². The molecule has 0 aliphatic heterocycles. The largest absolute Gasteiger partial charge is 0.458 e. The molecule has 0 aromatic carbocycles. The first-order chi connectivity index (χ1) is 6.04. The van der Waals surface area contributed by atoms with Gasteiger partial charge in [-0.2, -0.15) is 0 Å². The second-order valence-corrected chi connectivity index (χ2v) is 2.46. The first-order valence-corrected chi connectivity index (χ1v) is 4.05. The van der Waals surface area contributed by atoms with Gasteiger partial charge in [0.1, 0.15) is 0 Å². The lowest BCUT2D eigenvalue weighted by atomic mass is 10.2. The molecule has 0 amide bonds. The highest BCUT2D eigenvalue weighted by atomic mass is 16.6. The van der Waals surface area contributed by atoms with E-state index in [-0.39, 0.29) is 6.61 Å². The average molecular weight is 187 g/mol. The van der Waals surface area contributed by atoms with Crippen LogP contribution in [0.15, 0.2) is 11.3 Å². The summed E-state index contributed by atoms with van der Waals surface area (Å²) in [7, 11) is 0. The maximum atomic E-state index is 11.1. The number of nitrogens with zero attached hydrogens (tertiary/aromatic N) is 1. The fraction of sp³-hybridized carbons (Fsp3) is 0.625. The Hall–Kier alpha value is -1.39. The molecule has 0 aromatic rings. The molecule has 0 saturated carbocycles. The summed E-state index contributed by atoms with van der Waals surface area (Å²) in [5.74, 6) is -0.855. The molecule has 0 bridgehead atoms. The van der Waals surface area contributed by atoms with Crippen LogP contribution in [0, 0.1) is 10.1 Å². The van der Waals surface area contributed by atoms with Crippen molar-refractivity contribution in [2.24, 2.45) is 0 Å². The van der Waals surface area contributed by atoms with Gasteiger partial charge in [0.2, 0.25) is 0 Å². The van der Waals surface area contributed by atoms with Crippen LogP contribution >= 0.6 is 0 Å². The summed E-state index contributed by atoms with van der Waals surface area (Å²) in [6.45, 7) is 5.05. The van der Waals surface area contributed by atoms with E-state index in [1.807, 2.05) is 0 Å². The molecule has 13 heavy (non-hydrogen) atoms. The highest BCUT2D eigenvalue weighted by Gasteiger charge is 2.25. The van der Waals surface area contributed by atoms with E-state index >= 15 is 0 Å². The van der Waals surface area contributed by atoms with E-state index in [0.717, 1.165) is 0 Å². The number of allylic oxidation sites excluding steroid dienone is 1. The van der Waals surface area contributed by atoms with Gasteiger partial charge in [-0.25, -0.2) is 4.79 Å². The summed E-state index contributed by atoms with van der Waals surface area (Å²) in [6, 6.07) is 0. The van der Waals surface area contributed by atoms with Gasteiger partial charge in [0.05, 0.1) is 11.5 Å². The van der Waals surface area contributed by atoms with E-state index in [4.69, 9.17) is 0 Å². The van der Waals surface area contributed by atoms with Crippen molar-refractivity contribution in [1.29, 1.82) is 0 Å². The minimum absolute atomic E-state index is 0.146. The maximum Gasteiger partial charge on any atom is 0.409 e. The molecule has 0 saturated heterocycles. The van der Waals surface area contributed by atoms with E-state index in [9.17, 15) is 14.9 Å². The van der Waals surface area contributed by atoms with Crippen molar-refractivity contribution in [2.45, 2.75) is 27.2 Å². The molecule has 0 aliphatic rings. The summed E-state index contributed by atoms with van der Waals surface area (Å²) in [6.07, 6.45) is 0.467. The van der Waals surface area contributed by atoms with Crippen LogP contribution in [0.25, 0.3) is 0 Å². The van der Waals surface area contributed by atoms with Crippen LogP contribution in [0.2, 0.25) is 0 Å². The third-order valence-corrected chi connectivity index (χ3v) is 1.59. The van der Waals surface area contributed by atoms with Gasteiger partial charge in [0, 0.05) is 5.57 Å². The number of hydrogen-bond acceptors (Lipinski definition) is 4. The van der Waals surface area contributed by atoms with Gasteiger partial charge in [-0.1, -0.05) is 6.92 Å². The second kappa shape index (κ2) is 5.29. The Kier molecular flexibility index (Phi) is 4.72. The van der Waals surface area contributed by atoms with Crippen molar-refractivity contribution < 1.29 is 14.5 Å². The monoisotopic (exact) mass is 187 g/mol. The van der Waals surface area contributed by atoms with Gasteiger partial charge in [-0.3, -0.25) is 10.1 Å². The highest BCUT2D eigenvalue weighted by molar-refractivity contribution is 5.86. The van der Waals surface area contributed by atoms with Crippen LogP contribution in [0.5, 0.6) is 0 Å². The van der Waals surface area contributed by atoms with Crippen LogP contribution in [0.3, 0.4) is 0 Å². The van der Waals surface area contributed by atoms with Crippen LogP contribution in [-0.4, -0.2) is 17.5 Å². The van der Waals surface area contributed by atoms with Crippen molar-refractivity contribution in [1.82, 2.24) is 0 Å². The van der Waals surface area contributed by atoms with E-state index < -0.39 is 16.6 Å². The lowest BCUT2D eigenvalue weighted by Crippen LogP contribution is -2.16. The summed E-state index contributed by atoms with van der Waals surface area (Å²) < 4.78 is 4.55. The fourth-order valence-corrected chi connectivity index (χ4v) is 0.772. The molecular formula is C8H13NO4. The normalized spacial score (nSPS) is 11.9. The van der Waals surface area contributed by atoms with Crippen LogP contribution in [0.4, 0.5) is 0 Å². The number of nitro groups is 1. The number of carbonyl (C=O) groups is 1. The highest BCUT2D eigenvalue weighted by Crippen LogP contribution is 2.10. The summed E-state index contributed by atoms with van der Waals surface area (Å²) in [5, 5.41) is 10.5. The maximum absolute atomic E-state index is 11.1. The minimum Gasteiger partial charge on any atom is -0.458 e. The molecule has 74 valence electrons. The predicted molar refractivity (Wildman–Crippen MR) is 46.6 cm³/mol. The van der Waals surface area contributed by atoms with E-state index in [2.05, 4.69) is 4.74 Å². The van der Waals surface area contributed by atoms with E-state index in [1.54, 1.807) is 20.8 Å². The topological polar surface area (TPSA) is 69.4 Å². The SMILES string of the molecule is CCOC(=O)C(=C(C)CC)[N+](=O)[O-]. The first kappa shape index (κ1) is 11.6. The van der Waals surface area contributed by atoms with Gasteiger partial charge in [0.25, 0.3) is 0 Å². The third-order valence-electron chi connectivity index (χ3n) is 1.59. The van der Waals surface area contributed by atoms with Gasteiger partial charge in [-0.15, -0.1) is 0 Å². The Morgan fingerprint density at radius 2 is 2.00 bits per heavy atom. The van der Waals surface area contributed by atoms with Crippen molar-refractivity contribution in [3.05, 3.63) is 21.4 Å². The molecule has 0 aliphatic carbocycles. The van der Waals surface area contributed by atoms with E-state index in [1.165, 1.54) is 0 Å². The zero-order valence-corrected chi connectivity index (χ0v) is 7.99. The molecule has 0 radical (unpaired) electrons. The lowest BCUT2D eigenvalue weighted by molar-refractivity contribution is -0.422. The van der Waals surface area contributed by atoms with Crippen LogP contribution < -0.4 is 0 Å². The predicted octanol–water partition coefficient (Wildman–Crippen LogP) is 1.51. The van der Waals surface area contributed by atoms with E-state index in [0.29, 0.717) is 12.0 Å². The van der Waals surface area contributed by atoms with Crippen molar-refractivity contribution in [3.63, 3.8) is 0 Å². The first-order valence-electron chi connectivity index (χ1n) is 4.05.